The van der Waals surface area contributed by atoms with Crippen molar-refractivity contribution in [2.45, 2.75) is 6.10 Å². The number of carbonyl (C=O) groups is 1. The molecule has 1 atom stereocenters. The third-order valence-corrected chi connectivity index (χ3v) is 4.80. The van der Waals surface area contributed by atoms with Crippen molar-refractivity contribution >= 4 is 21.7 Å². The summed E-state index contributed by atoms with van der Waals surface area (Å²) < 4.78 is 31.6. The van der Waals surface area contributed by atoms with Gasteiger partial charge in [0.15, 0.2) is 0 Å². The van der Waals surface area contributed by atoms with Crippen LogP contribution >= 0.6 is 0 Å². The Morgan fingerprint density at radius 3 is 3.09 bits per heavy atom. The van der Waals surface area contributed by atoms with Gasteiger partial charge in [0, 0.05) is 38.2 Å². The van der Waals surface area contributed by atoms with Crippen molar-refractivity contribution in [1.82, 2.24) is 24.0 Å². The number of sulfonamides is 1. The Morgan fingerprint density at radius 2 is 2.35 bits per heavy atom. The summed E-state index contributed by atoms with van der Waals surface area (Å²) in [5.74, 6) is 0.0883. The lowest BCUT2D eigenvalue weighted by atomic mass is 10.3. The molecular weight excluding hydrogens is 322 g/mol. The summed E-state index contributed by atoms with van der Waals surface area (Å²) in [5, 5.41) is 2.71. The topological polar surface area (TPSA) is 106 Å². The number of fused-ring (bicyclic) bond motifs is 1. The van der Waals surface area contributed by atoms with E-state index >= 15 is 0 Å². The first-order valence-corrected chi connectivity index (χ1v) is 8.93. The molecule has 23 heavy (non-hydrogen) atoms. The van der Waals surface area contributed by atoms with Crippen LogP contribution in [0.25, 0.3) is 5.78 Å². The molecule has 1 saturated heterocycles. The average Bonchev–Trinajstić information content (AvgIpc) is 2.96. The number of nitrogens with one attached hydrogen (secondary N) is 1. The van der Waals surface area contributed by atoms with Gasteiger partial charge in [0.2, 0.25) is 15.8 Å². The first kappa shape index (κ1) is 15.8. The van der Waals surface area contributed by atoms with Crippen molar-refractivity contribution in [2.75, 3.05) is 32.5 Å². The molecule has 0 aliphatic carbocycles. The van der Waals surface area contributed by atoms with E-state index in [9.17, 15) is 13.2 Å². The largest absolute Gasteiger partial charge is 0.374 e. The zero-order valence-corrected chi connectivity index (χ0v) is 13.4. The summed E-state index contributed by atoms with van der Waals surface area (Å²) >= 11 is 0. The SMILES string of the molecule is CS(=O)(=O)N1CCO[C@H](CNC(=O)c2cn3cccnc3n2)C1. The molecule has 124 valence electrons. The van der Waals surface area contributed by atoms with E-state index in [1.54, 1.807) is 29.1 Å². The maximum absolute atomic E-state index is 12.1. The monoisotopic (exact) mass is 339 g/mol. The lowest BCUT2D eigenvalue weighted by molar-refractivity contribution is 0.000415. The number of nitrogens with zero attached hydrogens (tertiary/aromatic N) is 4. The van der Waals surface area contributed by atoms with Crippen molar-refractivity contribution < 1.29 is 17.9 Å². The zero-order chi connectivity index (χ0) is 16.4. The van der Waals surface area contributed by atoms with Gasteiger partial charge in [-0.3, -0.25) is 9.20 Å². The molecule has 1 N–H and O–H groups in total. The van der Waals surface area contributed by atoms with Crippen molar-refractivity contribution in [1.29, 1.82) is 0 Å². The second-order valence-electron chi connectivity index (χ2n) is 5.28. The van der Waals surface area contributed by atoms with Gasteiger partial charge in [0.1, 0.15) is 5.69 Å². The van der Waals surface area contributed by atoms with Crippen LogP contribution in [-0.4, -0.2) is 71.6 Å². The third kappa shape index (κ3) is 3.66. The van der Waals surface area contributed by atoms with Crippen LogP contribution in [0.15, 0.2) is 24.7 Å². The third-order valence-electron chi connectivity index (χ3n) is 3.53. The maximum Gasteiger partial charge on any atom is 0.271 e. The molecular formula is C13H17N5O4S. The molecule has 0 spiro atoms. The Morgan fingerprint density at radius 1 is 1.52 bits per heavy atom. The Hall–Kier alpha value is -2.04. The summed E-state index contributed by atoms with van der Waals surface area (Å²) in [6.07, 6.45) is 5.72. The molecule has 3 heterocycles. The number of carbonyl (C=O) groups excluding carboxylic acids is 1. The fourth-order valence-corrected chi connectivity index (χ4v) is 3.20. The molecule has 2 aromatic rings. The molecule has 0 saturated carbocycles. The quantitative estimate of drug-likeness (QED) is 0.775. The summed E-state index contributed by atoms with van der Waals surface area (Å²) in [5.41, 5.74) is 0.250. The van der Waals surface area contributed by atoms with Gasteiger partial charge >= 0.3 is 0 Å². The minimum Gasteiger partial charge on any atom is -0.374 e. The van der Waals surface area contributed by atoms with Crippen LogP contribution in [0.5, 0.6) is 0 Å². The maximum atomic E-state index is 12.1. The second-order valence-corrected chi connectivity index (χ2v) is 7.26. The van der Waals surface area contributed by atoms with Gasteiger partial charge in [0.25, 0.3) is 5.91 Å². The fourth-order valence-electron chi connectivity index (χ4n) is 2.35. The van der Waals surface area contributed by atoms with Crippen LogP contribution in [0.1, 0.15) is 10.5 Å². The minimum atomic E-state index is -3.25. The van der Waals surface area contributed by atoms with Gasteiger partial charge in [-0.25, -0.2) is 18.4 Å². The molecule has 1 amide bonds. The van der Waals surface area contributed by atoms with Gasteiger partial charge < -0.3 is 10.1 Å². The number of rotatable bonds is 4. The zero-order valence-electron chi connectivity index (χ0n) is 12.5. The number of hydrogen-bond donors (Lipinski definition) is 1. The van der Waals surface area contributed by atoms with E-state index in [1.165, 1.54) is 4.31 Å². The van der Waals surface area contributed by atoms with E-state index in [1.807, 2.05) is 0 Å². The number of amides is 1. The minimum absolute atomic E-state index is 0.214. The molecule has 0 bridgehead atoms. The summed E-state index contributed by atoms with van der Waals surface area (Å²) in [6.45, 7) is 1.09. The van der Waals surface area contributed by atoms with Crippen molar-refractivity contribution in [3.8, 4) is 0 Å². The Labute approximate surface area is 133 Å². The first-order valence-electron chi connectivity index (χ1n) is 7.08. The van der Waals surface area contributed by atoms with E-state index < -0.39 is 10.0 Å². The van der Waals surface area contributed by atoms with Crippen LogP contribution in [0, 0.1) is 0 Å². The molecule has 0 aromatic carbocycles. The van der Waals surface area contributed by atoms with E-state index in [-0.39, 0.29) is 30.8 Å². The highest BCUT2D eigenvalue weighted by atomic mass is 32.2. The van der Waals surface area contributed by atoms with Gasteiger partial charge in [-0.05, 0) is 6.07 Å². The Bertz CT molecular complexity index is 786. The van der Waals surface area contributed by atoms with Crippen LogP contribution in [0.3, 0.4) is 0 Å². The summed E-state index contributed by atoms with van der Waals surface area (Å²) in [7, 11) is -3.25. The van der Waals surface area contributed by atoms with Gasteiger partial charge in [-0.1, -0.05) is 0 Å². The van der Waals surface area contributed by atoms with Crippen LogP contribution in [0.4, 0.5) is 0 Å². The molecule has 2 aromatic heterocycles. The standard InChI is InChI=1S/C13H17N5O4S/c1-23(20,21)18-5-6-22-10(8-18)7-15-12(19)11-9-17-4-2-3-14-13(17)16-11/h2-4,9-10H,5-8H2,1H3,(H,15,19)/t10-/m1/s1. The van der Waals surface area contributed by atoms with E-state index in [0.29, 0.717) is 18.9 Å². The highest BCUT2D eigenvalue weighted by Crippen LogP contribution is 2.08. The first-order chi connectivity index (χ1) is 10.9. The normalized spacial score (nSPS) is 19.8. The van der Waals surface area contributed by atoms with Crippen LogP contribution < -0.4 is 5.32 Å². The van der Waals surface area contributed by atoms with E-state index in [4.69, 9.17) is 4.74 Å². The predicted molar refractivity (Wildman–Crippen MR) is 81.5 cm³/mol. The number of morpholine rings is 1. The number of aromatic nitrogens is 3. The van der Waals surface area contributed by atoms with Gasteiger partial charge in [-0.2, -0.15) is 4.31 Å². The van der Waals surface area contributed by atoms with Crippen molar-refractivity contribution in [2.24, 2.45) is 0 Å². The number of hydrogen-bond acceptors (Lipinski definition) is 6. The molecule has 10 heteroatoms. The summed E-state index contributed by atoms with van der Waals surface area (Å²) in [4.78, 5) is 20.3. The summed E-state index contributed by atoms with van der Waals surface area (Å²) in [6, 6.07) is 1.74. The number of imidazole rings is 1. The van der Waals surface area contributed by atoms with Crippen LogP contribution in [-0.2, 0) is 14.8 Å². The van der Waals surface area contributed by atoms with Gasteiger partial charge in [0.05, 0.1) is 19.0 Å². The highest BCUT2D eigenvalue weighted by molar-refractivity contribution is 7.88. The van der Waals surface area contributed by atoms with E-state index in [0.717, 1.165) is 6.26 Å². The smallest absolute Gasteiger partial charge is 0.271 e. The molecule has 0 radical (unpaired) electrons. The van der Waals surface area contributed by atoms with Crippen molar-refractivity contribution in [3.63, 3.8) is 0 Å². The number of ether oxygens (including phenoxy) is 1. The molecule has 1 aliphatic rings. The Balaban J connectivity index is 1.60. The molecule has 3 rings (SSSR count). The fraction of sp³-hybridized carbons (Fsp3) is 0.462. The second kappa shape index (κ2) is 6.22. The lowest BCUT2D eigenvalue weighted by Crippen LogP contribution is -2.49. The van der Waals surface area contributed by atoms with Gasteiger partial charge in [-0.15, -0.1) is 0 Å². The predicted octanol–water partition coefficient (Wildman–Crippen LogP) is -0.880. The van der Waals surface area contributed by atoms with Crippen molar-refractivity contribution in [3.05, 3.63) is 30.4 Å². The van der Waals surface area contributed by atoms with E-state index in [2.05, 4.69) is 15.3 Å². The molecule has 1 fully saturated rings. The van der Waals surface area contributed by atoms with Crippen LogP contribution in [0.2, 0.25) is 0 Å². The lowest BCUT2D eigenvalue weighted by Gasteiger charge is -2.31. The highest BCUT2D eigenvalue weighted by Gasteiger charge is 2.27. The molecule has 0 unspecified atom stereocenters. The Kier molecular flexibility index (Phi) is 4.28. The molecule has 1 aliphatic heterocycles. The average molecular weight is 339 g/mol. The molecule has 9 nitrogen and oxygen atoms in total.